The molecule has 0 bridgehead atoms. The van der Waals surface area contributed by atoms with Crippen molar-refractivity contribution in [1.29, 1.82) is 0 Å². The SMILES string of the molecule is CC(C)(C)c1ccc2c(c1)CC(CC(=O)O)CS2. The van der Waals surface area contributed by atoms with Gasteiger partial charge in [0.2, 0.25) is 0 Å². The molecular weight excluding hydrogens is 244 g/mol. The first-order chi connectivity index (χ1) is 8.36. The van der Waals surface area contributed by atoms with Gasteiger partial charge in [0.05, 0.1) is 0 Å². The molecule has 1 aliphatic heterocycles. The van der Waals surface area contributed by atoms with Gasteiger partial charge >= 0.3 is 5.97 Å². The van der Waals surface area contributed by atoms with Gasteiger partial charge in [0, 0.05) is 17.1 Å². The highest BCUT2D eigenvalue weighted by Gasteiger charge is 2.23. The van der Waals surface area contributed by atoms with Crippen LogP contribution in [-0.4, -0.2) is 16.8 Å². The minimum atomic E-state index is -0.684. The van der Waals surface area contributed by atoms with Gasteiger partial charge in [-0.25, -0.2) is 0 Å². The molecule has 0 aromatic heterocycles. The Kier molecular flexibility index (Phi) is 3.71. The molecular formula is C15H20O2S. The topological polar surface area (TPSA) is 37.3 Å². The molecule has 18 heavy (non-hydrogen) atoms. The summed E-state index contributed by atoms with van der Waals surface area (Å²) in [4.78, 5) is 12.1. The van der Waals surface area contributed by atoms with Gasteiger partial charge in [0.15, 0.2) is 0 Å². The summed E-state index contributed by atoms with van der Waals surface area (Å²) in [7, 11) is 0. The van der Waals surface area contributed by atoms with Crippen molar-refractivity contribution >= 4 is 17.7 Å². The number of hydrogen-bond donors (Lipinski definition) is 1. The van der Waals surface area contributed by atoms with Crippen LogP contribution < -0.4 is 0 Å². The highest BCUT2D eigenvalue weighted by molar-refractivity contribution is 7.99. The van der Waals surface area contributed by atoms with Crippen molar-refractivity contribution in [3.63, 3.8) is 0 Å². The molecule has 1 atom stereocenters. The van der Waals surface area contributed by atoms with Gasteiger partial charge in [-0.05, 0) is 34.9 Å². The van der Waals surface area contributed by atoms with Gasteiger partial charge < -0.3 is 5.11 Å². The summed E-state index contributed by atoms with van der Waals surface area (Å²) in [6.07, 6.45) is 1.19. The lowest BCUT2D eigenvalue weighted by atomic mass is 9.85. The number of thioether (sulfide) groups is 1. The van der Waals surface area contributed by atoms with E-state index in [9.17, 15) is 4.79 Å². The van der Waals surface area contributed by atoms with Crippen LogP contribution in [-0.2, 0) is 16.6 Å². The lowest BCUT2D eigenvalue weighted by Crippen LogP contribution is -2.18. The van der Waals surface area contributed by atoms with Crippen molar-refractivity contribution in [2.75, 3.05) is 5.75 Å². The largest absolute Gasteiger partial charge is 0.481 e. The zero-order chi connectivity index (χ0) is 13.3. The van der Waals surface area contributed by atoms with Crippen molar-refractivity contribution in [2.24, 2.45) is 5.92 Å². The van der Waals surface area contributed by atoms with Crippen LogP contribution in [0.1, 0.15) is 38.3 Å². The molecule has 98 valence electrons. The van der Waals surface area contributed by atoms with Crippen LogP contribution in [0.25, 0.3) is 0 Å². The molecule has 1 N–H and O–H groups in total. The molecule has 2 nitrogen and oxygen atoms in total. The Bertz CT molecular complexity index is 460. The number of carboxylic acids is 1. The average molecular weight is 264 g/mol. The van der Waals surface area contributed by atoms with Gasteiger partial charge in [-0.15, -0.1) is 11.8 Å². The predicted molar refractivity (Wildman–Crippen MR) is 75.3 cm³/mol. The molecule has 0 spiro atoms. The maximum absolute atomic E-state index is 10.8. The molecule has 2 rings (SSSR count). The number of benzene rings is 1. The molecule has 0 saturated heterocycles. The molecule has 1 aromatic carbocycles. The Balaban J connectivity index is 2.22. The van der Waals surface area contributed by atoms with E-state index in [1.54, 1.807) is 11.8 Å². The molecule has 1 heterocycles. The zero-order valence-corrected chi connectivity index (χ0v) is 12.0. The molecule has 3 heteroatoms. The van der Waals surface area contributed by atoms with Gasteiger partial charge in [0.1, 0.15) is 0 Å². The first-order valence-electron chi connectivity index (χ1n) is 6.34. The zero-order valence-electron chi connectivity index (χ0n) is 11.2. The van der Waals surface area contributed by atoms with E-state index < -0.39 is 5.97 Å². The van der Waals surface area contributed by atoms with Crippen LogP contribution in [0.3, 0.4) is 0 Å². The summed E-state index contributed by atoms with van der Waals surface area (Å²) < 4.78 is 0. The van der Waals surface area contributed by atoms with Gasteiger partial charge in [-0.1, -0.05) is 32.9 Å². The Morgan fingerprint density at radius 1 is 1.44 bits per heavy atom. The van der Waals surface area contributed by atoms with E-state index in [4.69, 9.17) is 5.11 Å². The van der Waals surface area contributed by atoms with Gasteiger partial charge in [-0.3, -0.25) is 4.79 Å². The molecule has 0 saturated carbocycles. The normalized spacial score (nSPS) is 19.4. The second-order valence-corrected chi connectivity index (χ2v) is 7.11. The lowest BCUT2D eigenvalue weighted by molar-refractivity contribution is -0.137. The van der Waals surface area contributed by atoms with Gasteiger partial charge in [-0.2, -0.15) is 0 Å². The van der Waals surface area contributed by atoms with E-state index in [2.05, 4.69) is 39.0 Å². The molecule has 0 radical (unpaired) electrons. The third kappa shape index (κ3) is 3.08. The summed E-state index contributed by atoms with van der Waals surface area (Å²) in [6.45, 7) is 6.62. The molecule has 0 aliphatic carbocycles. The highest BCUT2D eigenvalue weighted by atomic mass is 32.2. The second-order valence-electron chi connectivity index (χ2n) is 6.05. The third-order valence-corrected chi connectivity index (χ3v) is 4.72. The van der Waals surface area contributed by atoms with E-state index in [-0.39, 0.29) is 17.8 Å². The van der Waals surface area contributed by atoms with Crippen LogP contribution in [0.2, 0.25) is 0 Å². The summed E-state index contributed by atoms with van der Waals surface area (Å²) in [5, 5.41) is 8.89. The molecule has 1 unspecified atom stereocenters. The number of hydrogen-bond acceptors (Lipinski definition) is 2. The Morgan fingerprint density at radius 2 is 2.17 bits per heavy atom. The Morgan fingerprint density at radius 3 is 2.78 bits per heavy atom. The summed E-state index contributed by atoms with van der Waals surface area (Å²) in [6, 6.07) is 6.65. The van der Waals surface area contributed by atoms with E-state index >= 15 is 0 Å². The maximum atomic E-state index is 10.8. The van der Waals surface area contributed by atoms with E-state index in [1.807, 2.05) is 0 Å². The summed E-state index contributed by atoms with van der Waals surface area (Å²) in [5.74, 6) is 0.514. The van der Waals surface area contributed by atoms with Crippen LogP contribution >= 0.6 is 11.8 Å². The highest BCUT2D eigenvalue weighted by Crippen LogP contribution is 2.36. The standard InChI is InChI=1S/C15H20O2S/c1-15(2,3)12-4-5-13-11(8-12)6-10(9-18-13)7-14(16)17/h4-5,8,10H,6-7,9H2,1-3H3,(H,16,17). The third-order valence-electron chi connectivity index (χ3n) is 3.37. The summed E-state index contributed by atoms with van der Waals surface area (Å²) in [5.41, 5.74) is 2.81. The fourth-order valence-corrected chi connectivity index (χ4v) is 3.44. The van der Waals surface area contributed by atoms with Crippen molar-refractivity contribution in [1.82, 2.24) is 0 Å². The monoisotopic (exact) mass is 264 g/mol. The molecule has 0 amide bonds. The van der Waals surface area contributed by atoms with E-state index in [1.165, 1.54) is 16.0 Å². The number of carboxylic acid groups (broad SMARTS) is 1. The number of carbonyl (C=O) groups is 1. The average Bonchev–Trinajstić information content (AvgIpc) is 2.26. The van der Waals surface area contributed by atoms with Crippen LogP contribution in [0.15, 0.2) is 23.1 Å². The summed E-state index contributed by atoms with van der Waals surface area (Å²) >= 11 is 1.79. The number of aliphatic carboxylic acids is 1. The Labute approximate surface area is 113 Å². The van der Waals surface area contributed by atoms with Crippen molar-refractivity contribution < 1.29 is 9.90 Å². The van der Waals surface area contributed by atoms with Crippen LogP contribution in [0.5, 0.6) is 0 Å². The second kappa shape index (κ2) is 4.96. The van der Waals surface area contributed by atoms with Crippen LogP contribution in [0, 0.1) is 5.92 Å². The minimum absolute atomic E-state index is 0.152. The first-order valence-corrected chi connectivity index (χ1v) is 7.33. The van der Waals surface area contributed by atoms with Crippen LogP contribution in [0.4, 0.5) is 0 Å². The number of fused-ring (bicyclic) bond motifs is 1. The van der Waals surface area contributed by atoms with Crippen molar-refractivity contribution in [3.05, 3.63) is 29.3 Å². The lowest BCUT2D eigenvalue weighted by Gasteiger charge is -2.26. The number of rotatable bonds is 2. The van der Waals surface area contributed by atoms with E-state index in [0.29, 0.717) is 0 Å². The van der Waals surface area contributed by atoms with Gasteiger partial charge in [0.25, 0.3) is 0 Å². The Hall–Kier alpha value is -0.960. The first kappa shape index (κ1) is 13.5. The minimum Gasteiger partial charge on any atom is -0.481 e. The molecule has 1 aliphatic rings. The predicted octanol–water partition coefficient (Wildman–Crippen LogP) is 3.72. The smallest absolute Gasteiger partial charge is 0.303 e. The molecule has 0 fully saturated rings. The van der Waals surface area contributed by atoms with E-state index in [0.717, 1.165) is 12.2 Å². The fourth-order valence-electron chi connectivity index (χ4n) is 2.30. The van der Waals surface area contributed by atoms with Crippen molar-refractivity contribution in [2.45, 2.75) is 43.9 Å². The quantitative estimate of drug-likeness (QED) is 0.884. The fraction of sp³-hybridized carbons (Fsp3) is 0.533. The maximum Gasteiger partial charge on any atom is 0.303 e. The molecule has 1 aromatic rings. The van der Waals surface area contributed by atoms with Crippen molar-refractivity contribution in [3.8, 4) is 0 Å².